The SMILES string of the molecule is CC(C)Cc1nc(NC(=O)C2CCNCC2)c(F)c2cc(-c3cnn(C)c3CN3CCCCC3)ccc12. The van der Waals surface area contributed by atoms with E-state index in [0.717, 1.165) is 73.5 Å². The predicted octanol–water partition coefficient (Wildman–Crippen LogP) is 4.90. The third kappa shape index (κ3) is 5.70. The van der Waals surface area contributed by atoms with Crippen molar-refractivity contribution in [3.8, 4) is 11.1 Å². The monoisotopic (exact) mass is 506 g/mol. The van der Waals surface area contributed by atoms with Gasteiger partial charge in [0.05, 0.1) is 17.6 Å². The van der Waals surface area contributed by atoms with Crippen LogP contribution in [0.4, 0.5) is 10.2 Å². The molecule has 2 aromatic heterocycles. The Bertz CT molecular complexity index is 1260. The van der Waals surface area contributed by atoms with Crippen LogP contribution in [0, 0.1) is 17.7 Å². The van der Waals surface area contributed by atoms with Crippen LogP contribution in [0.3, 0.4) is 0 Å². The predicted molar refractivity (Wildman–Crippen MR) is 146 cm³/mol. The van der Waals surface area contributed by atoms with E-state index in [1.807, 2.05) is 30.1 Å². The molecule has 1 aromatic carbocycles. The summed E-state index contributed by atoms with van der Waals surface area (Å²) in [7, 11) is 1.98. The zero-order valence-corrected chi connectivity index (χ0v) is 22.3. The van der Waals surface area contributed by atoms with Gasteiger partial charge in [-0.25, -0.2) is 9.37 Å². The van der Waals surface area contributed by atoms with Gasteiger partial charge in [0.25, 0.3) is 0 Å². The number of anilines is 1. The van der Waals surface area contributed by atoms with E-state index < -0.39 is 5.82 Å². The van der Waals surface area contributed by atoms with Gasteiger partial charge in [0.2, 0.25) is 5.91 Å². The number of nitrogens with zero attached hydrogens (tertiary/aromatic N) is 4. The van der Waals surface area contributed by atoms with Gasteiger partial charge in [-0.15, -0.1) is 0 Å². The van der Waals surface area contributed by atoms with Crippen LogP contribution in [0.25, 0.3) is 21.9 Å². The summed E-state index contributed by atoms with van der Waals surface area (Å²) in [6.07, 6.45) is 7.85. The van der Waals surface area contributed by atoms with Gasteiger partial charge in [-0.1, -0.05) is 32.4 Å². The van der Waals surface area contributed by atoms with Crippen LogP contribution in [0.15, 0.2) is 24.4 Å². The van der Waals surface area contributed by atoms with Crippen LogP contribution in [-0.4, -0.2) is 51.8 Å². The maximum atomic E-state index is 16.0. The van der Waals surface area contributed by atoms with E-state index in [-0.39, 0.29) is 17.6 Å². The van der Waals surface area contributed by atoms with Crippen molar-refractivity contribution in [3.05, 3.63) is 41.6 Å². The molecule has 0 radical (unpaired) electrons. The standard InChI is InChI=1S/C29H39FN6O/c1-19(2)15-25-22-8-7-21(24-17-32-35(3)26(24)18-36-13-5-4-6-14-36)16-23(22)27(30)28(33-25)34-29(37)20-9-11-31-12-10-20/h7-8,16-17,19-20,31H,4-6,9-15,18H2,1-3H3,(H,33,34,37). The number of likely N-dealkylation sites (tertiary alicyclic amines) is 1. The second-order valence-corrected chi connectivity index (χ2v) is 11.1. The van der Waals surface area contributed by atoms with Crippen LogP contribution in [0.5, 0.6) is 0 Å². The summed E-state index contributed by atoms with van der Waals surface area (Å²) in [4.78, 5) is 20.1. The Morgan fingerprint density at radius 3 is 2.65 bits per heavy atom. The Morgan fingerprint density at radius 1 is 1.16 bits per heavy atom. The fourth-order valence-electron chi connectivity index (χ4n) is 5.67. The van der Waals surface area contributed by atoms with Crippen molar-refractivity contribution in [3.63, 3.8) is 0 Å². The summed E-state index contributed by atoms with van der Waals surface area (Å²) in [6, 6.07) is 5.94. The maximum absolute atomic E-state index is 16.0. The van der Waals surface area contributed by atoms with Crippen molar-refractivity contribution >= 4 is 22.5 Å². The van der Waals surface area contributed by atoms with Crippen molar-refractivity contribution in [2.24, 2.45) is 18.9 Å². The van der Waals surface area contributed by atoms with Crippen molar-refractivity contribution in [1.82, 2.24) is 25.0 Å². The highest BCUT2D eigenvalue weighted by molar-refractivity contribution is 5.96. The Labute approximate surface area is 218 Å². The number of aromatic nitrogens is 3. The molecule has 1 amide bonds. The van der Waals surface area contributed by atoms with E-state index >= 15 is 4.39 Å². The average molecular weight is 507 g/mol. The number of piperidine rings is 2. The largest absolute Gasteiger partial charge is 0.317 e. The highest BCUT2D eigenvalue weighted by Crippen LogP contribution is 2.33. The highest BCUT2D eigenvalue weighted by atomic mass is 19.1. The zero-order valence-electron chi connectivity index (χ0n) is 22.3. The number of carbonyl (C=O) groups is 1. The minimum atomic E-state index is -0.465. The van der Waals surface area contributed by atoms with Crippen LogP contribution in [0.2, 0.25) is 0 Å². The summed E-state index contributed by atoms with van der Waals surface area (Å²) >= 11 is 0. The third-order valence-corrected chi connectivity index (χ3v) is 7.77. The number of fused-ring (bicyclic) bond motifs is 1. The van der Waals surface area contributed by atoms with E-state index in [9.17, 15) is 4.79 Å². The minimum Gasteiger partial charge on any atom is -0.317 e. The lowest BCUT2D eigenvalue weighted by Crippen LogP contribution is -2.35. The Morgan fingerprint density at radius 2 is 1.92 bits per heavy atom. The zero-order chi connectivity index (χ0) is 25.9. The second kappa shape index (κ2) is 11.3. The lowest BCUT2D eigenvalue weighted by Gasteiger charge is -2.26. The number of hydrogen-bond donors (Lipinski definition) is 2. The topological polar surface area (TPSA) is 75.1 Å². The van der Waals surface area contributed by atoms with Gasteiger partial charge < -0.3 is 10.6 Å². The van der Waals surface area contributed by atoms with E-state index in [2.05, 4.69) is 45.5 Å². The van der Waals surface area contributed by atoms with Crippen molar-refractivity contribution in [1.29, 1.82) is 0 Å². The molecule has 0 spiro atoms. The van der Waals surface area contributed by atoms with Gasteiger partial charge in [0.1, 0.15) is 0 Å². The first kappa shape index (κ1) is 25.8. The molecule has 3 aromatic rings. The number of benzene rings is 1. The van der Waals surface area contributed by atoms with Gasteiger partial charge in [-0.3, -0.25) is 14.4 Å². The molecule has 198 valence electrons. The fraction of sp³-hybridized carbons (Fsp3) is 0.552. The molecule has 7 nitrogen and oxygen atoms in total. The molecule has 2 aliphatic rings. The molecule has 2 N–H and O–H groups in total. The van der Waals surface area contributed by atoms with Crippen LogP contribution >= 0.6 is 0 Å². The number of carbonyl (C=O) groups excluding carboxylic acids is 1. The first-order valence-electron chi connectivity index (χ1n) is 13.8. The first-order valence-corrected chi connectivity index (χ1v) is 13.8. The number of aryl methyl sites for hydroxylation is 1. The summed E-state index contributed by atoms with van der Waals surface area (Å²) in [5.41, 5.74) is 3.91. The van der Waals surface area contributed by atoms with Gasteiger partial charge in [0, 0.05) is 35.8 Å². The minimum absolute atomic E-state index is 0.0450. The lowest BCUT2D eigenvalue weighted by molar-refractivity contribution is -0.120. The quantitative estimate of drug-likeness (QED) is 0.477. The molecule has 2 fully saturated rings. The molecule has 5 rings (SSSR count). The Balaban J connectivity index is 1.52. The molecule has 37 heavy (non-hydrogen) atoms. The number of pyridine rings is 1. The van der Waals surface area contributed by atoms with Gasteiger partial charge in [-0.2, -0.15) is 5.10 Å². The molecular formula is C29H39FN6O. The highest BCUT2D eigenvalue weighted by Gasteiger charge is 2.24. The fourth-order valence-corrected chi connectivity index (χ4v) is 5.67. The second-order valence-electron chi connectivity index (χ2n) is 11.1. The lowest BCUT2D eigenvalue weighted by atomic mass is 9.96. The van der Waals surface area contributed by atoms with Gasteiger partial charge >= 0.3 is 0 Å². The van der Waals surface area contributed by atoms with Crippen molar-refractivity contribution < 1.29 is 9.18 Å². The molecule has 0 saturated carbocycles. The summed E-state index contributed by atoms with van der Waals surface area (Å²) in [5, 5.41) is 12.0. The molecular weight excluding hydrogens is 467 g/mol. The molecule has 4 heterocycles. The molecule has 2 saturated heterocycles. The molecule has 0 aliphatic carbocycles. The van der Waals surface area contributed by atoms with Crippen molar-refractivity contribution in [2.45, 2.75) is 58.9 Å². The van der Waals surface area contributed by atoms with Gasteiger partial charge in [0.15, 0.2) is 11.6 Å². The Hall–Kier alpha value is -2.84. The van der Waals surface area contributed by atoms with E-state index in [1.165, 1.54) is 19.3 Å². The molecule has 0 bridgehead atoms. The maximum Gasteiger partial charge on any atom is 0.228 e. The molecule has 2 aliphatic heterocycles. The molecule has 0 unspecified atom stereocenters. The van der Waals surface area contributed by atoms with Crippen LogP contribution in [-0.2, 0) is 24.8 Å². The van der Waals surface area contributed by atoms with Gasteiger partial charge in [-0.05, 0) is 75.8 Å². The number of halogens is 1. The normalized spacial score (nSPS) is 17.5. The summed E-state index contributed by atoms with van der Waals surface area (Å²) in [6.45, 7) is 8.89. The summed E-state index contributed by atoms with van der Waals surface area (Å²) < 4.78 is 17.9. The van der Waals surface area contributed by atoms with E-state index in [4.69, 9.17) is 0 Å². The first-order chi connectivity index (χ1) is 17.9. The van der Waals surface area contributed by atoms with Crippen LogP contribution in [0.1, 0.15) is 57.3 Å². The summed E-state index contributed by atoms with van der Waals surface area (Å²) in [5.74, 6) is -0.333. The smallest absolute Gasteiger partial charge is 0.228 e. The molecule has 8 heteroatoms. The van der Waals surface area contributed by atoms with E-state index in [0.29, 0.717) is 17.7 Å². The Kier molecular flexibility index (Phi) is 7.86. The number of hydrogen-bond acceptors (Lipinski definition) is 5. The van der Waals surface area contributed by atoms with Crippen LogP contribution < -0.4 is 10.6 Å². The average Bonchev–Trinajstić information content (AvgIpc) is 3.27. The number of amides is 1. The third-order valence-electron chi connectivity index (χ3n) is 7.77. The number of rotatable bonds is 7. The van der Waals surface area contributed by atoms with Crippen molar-refractivity contribution in [2.75, 3.05) is 31.5 Å². The van der Waals surface area contributed by atoms with E-state index in [1.54, 1.807) is 0 Å². The molecule has 0 atom stereocenters. The number of nitrogens with one attached hydrogen (secondary N) is 2.